The molecule has 2 rings (SSSR count). The van der Waals surface area contributed by atoms with Crippen LogP contribution < -0.4 is 10.1 Å². The van der Waals surface area contributed by atoms with Gasteiger partial charge in [0.05, 0.1) is 18.2 Å². The molecular weight excluding hydrogens is 248 g/mol. The summed E-state index contributed by atoms with van der Waals surface area (Å²) in [6, 6.07) is 1.81. The number of thiazole rings is 1. The Morgan fingerprint density at radius 1 is 1.33 bits per heavy atom. The smallest absolute Gasteiger partial charge is 0.218 e. The zero-order chi connectivity index (χ0) is 13.0. The highest BCUT2D eigenvalue weighted by molar-refractivity contribution is 7.11. The van der Waals surface area contributed by atoms with E-state index < -0.39 is 0 Å². The summed E-state index contributed by atoms with van der Waals surface area (Å²) in [6.45, 7) is 7.10. The molecule has 2 aromatic heterocycles. The number of ether oxygens (including phenoxy) is 1. The quantitative estimate of drug-likeness (QED) is 0.899. The Balaban J connectivity index is 2.04. The van der Waals surface area contributed by atoms with Crippen molar-refractivity contribution in [3.05, 3.63) is 28.0 Å². The maximum absolute atomic E-state index is 5.38. The second-order valence-corrected chi connectivity index (χ2v) is 5.09. The summed E-state index contributed by atoms with van der Waals surface area (Å²) in [6.07, 6.45) is 1.88. The van der Waals surface area contributed by atoms with Crippen LogP contribution in [0.15, 0.2) is 12.3 Å². The van der Waals surface area contributed by atoms with E-state index in [9.17, 15) is 0 Å². The molecule has 5 nitrogen and oxygen atoms in total. The minimum atomic E-state index is 0.601. The van der Waals surface area contributed by atoms with E-state index in [-0.39, 0.29) is 0 Å². The van der Waals surface area contributed by atoms with Gasteiger partial charge >= 0.3 is 0 Å². The molecule has 0 aromatic carbocycles. The van der Waals surface area contributed by atoms with Gasteiger partial charge in [0.2, 0.25) is 5.88 Å². The first kappa shape index (κ1) is 12.8. The third-order valence-electron chi connectivity index (χ3n) is 2.22. The lowest BCUT2D eigenvalue weighted by Gasteiger charge is -2.07. The van der Waals surface area contributed by atoms with Crippen molar-refractivity contribution >= 4 is 17.2 Å². The summed E-state index contributed by atoms with van der Waals surface area (Å²) >= 11 is 1.68. The molecule has 1 N–H and O–H groups in total. The minimum Gasteiger partial charge on any atom is -0.478 e. The van der Waals surface area contributed by atoms with Crippen molar-refractivity contribution in [2.24, 2.45) is 0 Å². The van der Waals surface area contributed by atoms with Crippen LogP contribution in [-0.2, 0) is 6.54 Å². The zero-order valence-electron chi connectivity index (χ0n) is 10.7. The second-order valence-electron chi connectivity index (χ2n) is 3.77. The van der Waals surface area contributed by atoms with Crippen LogP contribution in [0.25, 0.3) is 0 Å². The van der Waals surface area contributed by atoms with E-state index in [2.05, 4.69) is 20.3 Å². The average molecular weight is 264 g/mol. The molecule has 2 aromatic rings. The number of hydrogen-bond acceptors (Lipinski definition) is 6. The Hall–Kier alpha value is -1.69. The number of rotatable bonds is 5. The summed E-state index contributed by atoms with van der Waals surface area (Å²) < 4.78 is 5.38. The lowest BCUT2D eigenvalue weighted by Crippen LogP contribution is -2.04. The third-order valence-corrected chi connectivity index (χ3v) is 3.13. The van der Waals surface area contributed by atoms with Crippen molar-refractivity contribution in [1.29, 1.82) is 0 Å². The highest BCUT2D eigenvalue weighted by atomic mass is 32.1. The van der Waals surface area contributed by atoms with E-state index in [4.69, 9.17) is 4.74 Å². The molecule has 0 radical (unpaired) electrons. The molecule has 0 aliphatic heterocycles. The van der Waals surface area contributed by atoms with Crippen LogP contribution in [0.4, 0.5) is 5.82 Å². The molecule has 0 aliphatic carbocycles. The first-order valence-electron chi connectivity index (χ1n) is 5.81. The number of anilines is 1. The fraction of sp³-hybridized carbons (Fsp3) is 0.417. The molecule has 0 unspecified atom stereocenters. The van der Waals surface area contributed by atoms with Crippen LogP contribution in [0.1, 0.15) is 22.6 Å². The fourth-order valence-electron chi connectivity index (χ4n) is 1.52. The van der Waals surface area contributed by atoms with E-state index >= 15 is 0 Å². The summed E-state index contributed by atoms with van der Waals surface area (Å²) in [5.74, 6) is 2.08. The second kappa shape index (κ2) is 5.77. The van der Waals surface area contributed by atoms with Gasteiger partial charge in [-0.05, 0) is 20.8 Å². The van der Waals surface area contributed by atoms with Crippen LogP contribution in [0.2, 0.25) is 0 Å². The monoisotopic (exact) mass is 264 g/mol. The molecule has 96 valence electrons. The third kappa shape index (κ3) is 3.40. The molecule has 0 saturated heterocycles. The lowest BCUT2D eigenvalue weighted by atomic mass is 10.4. The first-order valence-corrected chi connectivity index (χ1v) is 6.62. The number of aryl methyl sites for hydroxylation is 2. The molecular formula is C12H16N4OS. The van der Waals surface area contributed by atoms with Crippen molar-refractivity contribution in [3.63, 3.8) is 0 Å². The number of hydrogen-bond donors (Lipinski definition) is 1. The van der Waals surface area contributed by atoms with Crippen molar-refractivity contribution in [3.8, 4) is 5.88 Å². The SMILES string of the molecule is CCOc1cc(NCc2cnc(C)s2)nc(C)n1. The Labute approximate surface area is 110 Å². The van der Waals surface area contributed by atoms with Gasteiger partial charge in [-0.25, -0.2) is 9.97 Å². The summed E-state index contributed by atoms with van der Waals surface area (Å²) in [5.41, 5.74) is 0. The molecule has 2 heterocycles. The molecule has 0 amide bonds. The van der Waals surface area contributed by atoms with Gasteiger partial charge in [-0.2, -0.15) is 4.98 Å². The van der Waals surface area contributed by atoms with Gasteiger partial charge in [0.15, 0.2) is 0 Å². The van der Waals surface area contributed by atoms with E-state index in [1.165, 1.54) is 4.88 Å². The molecule has 0 fully saturated rings. The van der Waals surface area contributed by atoms with Gasteiger partial charge in [0, 0.05) is 17.1 Å². The average Bonchev–Trinajstić information content (AvgIpc) is 2.72. The number of nitrogens with one attached hydrogen (secondary N) is 1. The largest absolute Gasteiger partial charge is 0.478 e. The Kier molecular flexibility index (Phi) is 4.09. The van der Waals surface area contributed by atoms with E-state index in [0.717, 1.165) is 10.8 Å². The van der Waals surface area contributed by atoms with Gasteiger partial charge in [0.25, 0.3) is 0 Å². The van der Waals surface area contributed by atoms with Crippen molar-refractivity contribution in [1.82, 2.24) is 15.0 Å². The van der Waals surface area contributed by atoms with Gasteiger partial charge in [-0.1, -0.05) is 0 Å². The van der Waals surface area contributed by atoms with Crippen LogP contribution in [0.3, 0.4) is 0 Å². The Bertz CT molecular complexity index is 527. The normalized spacial score (nSPS) is 10.4. The lowest BCUT2D eigenvalue weighted by molar-refractivity contribution is 0.325. The van der Waals surface area contributed by atoms with Gasteiger partial charge < -0.3 is 10.1 Å². The predicted octanol–water partition coefficient (Wildman–Crippen LogP) is 2.56. The topological polar surface area (TPSA) is 59.9 Å². The van der Waals surface area contributed by atoms with Crippen molar-refractivity contribution in [2.75, 3.05) is 11.9 Å². The molecule has 0 aliphatic rings. The minimum absolute atomic E-state index is 0.601. The molecule has 0 saturated carbocycles. The number of aromatic nitrogens is 3. The van der Waals surface area contributed by atoms with Crippen LogP contribution >= 0.6 is 11.3 Å². The van der Waals surface area contributed by atoms with Crippen molar-refractivity contribution < 1.29 is 4.74 Å². The fourth-order valence-corrected chi connectivity index (χ4v) is 2.25. The zero-order valence-corrected chi connectivity index (χ0v) is 11.5. The predicted molar refractivity (Wildman–Crippen MR) is 72.1 cm³/mol. The molecule has 0 bridgehead atoms. The van der Waals surface area contributed by atoms with Gasteiger partial charge in [-0.15, -0.1) is 11.3 Å². The van der Waals surface area contributed by atoms with E-state index in [0.29, 0.717) is 24.9 Å². The highest BCUT2D eigenvalue weighted by Gasteiger charge is 2.03. The van der Waals surface area contributed by atoms with E-state index in [1.54, 1.807) is 11.3 Å². The van der Waals surface area contributed by atoms with Crippen LogP contribution in [-0.4, -0.2) is 21.6 Å². The Morgan fingerprint density at radius 2 is 2.17 bits per heavy atom. The molecule has 0 spiro atoms. The van der Waals surface area contributed by atoms with Crippen LogP contribution in [0, 0.1) is 13.8 Å². The maximum Gasteiger partial charge on any atom is 0.218 e. The summed E-state index contributed by atoms with van der Waals surface area (Å²) in [4.78, 5) is 13.9. The summed E-state index contributed by atoms with van der Waals surface area (Å²) in [5, 5.41) is 4.32. The first-order chi connectivity index (χ1) is 8.67. The highest BCUT2D eigenvalue weighted by Crippen LogP contribution is 2.16. The summed E-state index contributed by atoms with van der Waals surface area (Å²) in [7, 11) is 0. The maximum atomic E-state index is 5.38. The molecule has 18 heavy (non-hydrogen) atoms. The van der Waals surface area contributed by atoms with Crippen LogP contribution in [0.5, 0.6) is 5.88 Å². The van der Waals surface area contributed by atoms with E-state index in [1.807, 2.05) is 33.0 Å². The molecule has 0 atom stereocenters. The van der Waals surface area contributed by atoms with Gasteiger partial charge in [0.1, 0.15) is 11.6 Å². The van der Waals surface area contributed by atoms with Crippen molar-refractivity contribution in [2.45, 2.75) is 27.3 Å². The molecule has 6 heteroatoms. The van der Waals surface area contributed by atoms with Gasteiger partial charge in [-0.3, -0.25) is 0 Å². The Morgan fingerprint density at radius 3 is 2.83 bits per heavy atom. The number of nitrogens with zero attached hydrogens (tertiary/aromatic N) is 3. The standard InChI is InChI=1S/C12H16N4OS/c1-4-17-12-5-11(15-8(2)16-12)14-7-10-6-13-9(3)18-10/h5-6H,4,7H2,1-3H3,(H,14,15,16).